The Kier molecular flexibility index (Phi) is 5.17. The molecule has 1 atom stereocenters. The van der Waals surface area contributed by atoms with Gasteiger partial charge in [0.1, 0.15) is 0 Å². The Hall–Kier alpha value is -2.67. The molecule has 0 bridgehead atoms. The summed E-state index contributed by atoms with van der Waals surface area (Å²) in [5, 5.41) is 12.4. The highest BCUT2D eigenvalue weighted by atomic mass is 32.2. The Balaban J connectivity index is 1.54. The van der Waals surface area contributed by atoms with Crippen molar-refractivity contribution in [2.75, 3.05) is 5.32 Å². The molecule has 7 heteroatoms. The molecule has 1 aromatic carbocycles. The van der Waals surface area contributed by atoms with Crippen molar-refractivity contribution >= 4 is 23.4 Å². The maximum absolute atomic E-state index is 12.8. The molecular formula is C21H23N5OS. The number of anilines is 1. The Morgan fingerprint density at radius 3 is 2.46 bits per heavy atom. The number of hydrogen-bond acceptors (Lipinski definition) is 5. The Bertz CT molecular complexity index is 977. The average molecular weight is 394 g/mol. The summed E-state index contributed by atoms with van der Waals surface area (Å²) in [5.74, 6) is 0.813. The predicted molar refractivity (Wildman–Crippen MR) is 111 cm³/mol. The number of benzene rings is 1. The van der Waals surface area contributed by atoms with Gasteiger partial charge in [-0.15, -0.1) is 10.2 Å². The Morgan fingerprint density at radius 1 is 1.14 bits per heavy atom. The quantitative estimate of drug-likeness (QED) is 0.628. The van der Waals surface area contributed by atoms with Crippen LogP contribution >= 0.6 is 11.8 Å². The van der Waals surface area contributed by atoms with Gasteiger partial charge < -0.3 is 5.32 Å². The van der Waals surface area contributed by atoms with Gasteiger partial charge in [-0.05, 0) is 56.9 Å². The van der Waals surface area contributed by atoms with Gasteiger partial charge in [-0.2, -0.15) is 0 Å². The van der Waals surface area contributed by atoms with Gasteiger partial charge in [0, 0.05) is 29.7 Å². The first-order chi connectivity index (χ1) is 13.5. The zero-order valence-corrected chi connectivity index (χ0v) is 17.0. The lowest BCUT2D eigenvalue weighted by atomic mass is 10.1. The van der Waals surface area contributed by atoms with Crippen molar-refractivity contribution in [2.45, 2.75) is 50.1 Å². The monoisotopic (exact) mass is 393 g/mol. The van der Waals surface area contributed by atoms with Crippen LogP contribution in [0, 0.1) is 13.8 Å². The van der Waals surface area contributed by atoms with Crippen molar-refractivity contribution in [1.82, 2.24) is 19.7 Å². The van der Waals surface area contributed by atoms with Crippen LogP contribution in [-0.4, -0.2) is 30.9 Å². The van der Waals surface area contributed by atoms with Gasteiger partial charge >= 0.3 is 0 Å². The number of rotatable bonds is 6. The first kappa shape index (κ1) is 18.7. The fourth-order valence-corrected chi connectivity index (χ4v) is 4.08. The molecule has 0 aliphatic heterocycles. The van der Waals surface area contributed by atoms with E-state index in [1.165, 1.54) is 11.8 Å². The highest BCUT2D eigenvalue weighted by Crippen LogP contribution is 2.41. The molecule has 1 aliphatic carbocycles. The first-order valence-electron chi connectivity index (χ1n) is 9.43. The molecular weight excluding hydrogens is 370 g/mol. The summed E-state index contributed by atoms with van der Waals surface area (Å²) in [5.41, 5.74) is 4.01. The minimum Gasteiger partial charge on any atom is -0.325 e. The molecule has 28 heavy (non-hydrogen) atoms. The van der Waals surface area contributed by atoms with Gasteiger partial charge in [0.05, 0.1) is 5.25 Å². The smallest absolute Gasteiger partial charge is 0.237 e. The Morgan fingerprint density at radius 2 is 1.82 bits per heavy atom. The number of carbonyl (C=O) groups is 1. The molecule has 3 aromatic rings. The second-order valence-corrected chi connectivity index (χ2v) is 8.47. The molecule has 2 heterocycles. The minimum absolute atomic E-state index is 0.0294. The lowest BCUT2D eigenvalue weighted by molar-refractivity contribution is -0.115. The number of hydrogen-bond donors (Lipinski definition) is 1. The third-order valence-electron chi connectivity index (χ3n) is 4.90. The fourth-order valence-electron chi connectivity index (χ4n) is 3.17. The summed E-state index contributed by atoms with van der Waals surface area (Å²) in [6.07, 6.45) is 5.75. The predicted octanol–water partition coefficient (Wildman–Crippen LogP) is 4.41. The van der Waals surface area contributed by atoms with Gasteiger partial charge in [0.15, 0.2) is 11.0 Å². The van der Waals surface area contributed by atoms with Crippen LogP contribution in [0.2, 0.25) is 0 Å². The van der Waals surface area contributed by atoms with E-state index in [4.69, 9.17) is 0 Å². The fraction of sp³-hybridized carbons (Fsp3) is 0.333. The molecule has 1 saturated carbocycles. The summed E-state index contributed by atoms with van der Waals surface area (Å²) in [4.78, 5) is 16.9. The number of pyridine rings is 1. The highest BCUT2D eigenvalue weighted by Gasteiger charge is 2.31. The summed E-state index contributed by atoms with van der Waals surface area (Å²) in [6.45, 7) is 5.92. The lowest BCUT2D eigenvalue weighted by Gasteiger charge is -2.16. The minimum atomic E-state index is -0.286. The molecule has 1 aliphatic rings. The van der Waals surface area contributed by atoms with E-state index in [1.54, 1.807) is 12.4 Å². The van der Waals surface area contributed by atoms with Crippen LogP contribution in [0.25, 0.3) is 11.4 Å². The third-order valence-corrected chi connectivity index (χ3v) is 5.95. The average Bonchev–Trinajstić information content (AvgIpc) is 3.45. The molecule has 1 amide bonds. The van der Waals surface area contributed by atoms with Crippen molar-refractivity contribution in [3.05, 3.63) is 53.9 Å². The standard InChI is InChI=1S/C21H23N5OS/c1-13-5-4-6-14(2)18(13)23-20(27)15(3)28-21-25-24-19(26(21)17-7-8-17)16-9-11-22-12-10-16/h4-6,9-12,15,17H,7-8H2,1-3H3,(H,23,27)/t15-/m1/s1. The van der Waals surface area contributed by atoms with Crippen LogP contribution < -0.4 is 5.32 Å². The van der Waals surface area contributed by atoms with Crippen LogP contribution in [0.5, 0.6) is 0 Å². The summed E-state index contributed by atoms with van der Waals surface area (Å²) < 4.78 is 2.17. The number of carbonyl (C=O) groups excluding carboxylic acids is 1. The molecule has 0 saturated heterocycles. The van der Waals surface area contributed by atoms with E-state index in [2.05, 4.69) is 25.1 Å². The molecule has 0 spiro atoms. The van der Waals surface area contributed by atoms with Crippen molar-refractivity contribution in [1.29, 1.82) is 0 Å². The molecule has 4 rings (SSSR count). The zero-order chi connectivity index (χ0) is 19.7. The van der Waals surface area contributed by atoms with Gasteiger partial charge in [-0.1, -0.05) is 30.0 Å². The maximum Gasteiger partial charge on any atom is 0.237 e. The summed E-state index contributed by atoms with van der Waals surface area (Å²) >= 11 is 1.45. The van der Waals surface area contributed by atoms with Crippen molar-refractivity contribution in [3.8, 4) is 11.4 Å². The van der Waals surface area contributed by atoms with Crippen LogP contribution in [0.4, 0.5) is 5.69 Å². The second-order valence-electron chi connectivity index (χ2n) is 7.16. The molecule has 0 radical (unpaired) electrons. The van der Waals surface area contributed by atoms with E-state index < -0.39 is 0 Å². The van der Waals surface area contributed by atoms with Gasteiger partial charge in [-0.3, -0.25) is 14.3 Å². The number of thioether (sulfide) groups is 1. The number of aryl methyl sites for hydroxylation is 2. The molecule has 0 unspecified atom stereocenters. The normalized spacial score (nSPS) is 14.7. The van der Waals surface area contributed by atoms with E-state index in [1.807, 2.05) is 51.1 Å². The summed E-state index contributed by atoms with van der Waals surface area (Å²) in [6, 6.07) is 10.3. The topological polar surface area (TPSA) is 72.7 Å². The molecule has 1 fully saturated rings. The van der Waals surface area contributed by atoms with Crippen LogP contribution in [0.1, 0.15) is 36.9 Å². The molecule has 6 nitrogen and oxygen atoms in total. The van der Waals surface area contributed by atoms with Crippen LogP contribution in [0.15, 0.2) is 47.9 Å². The molecule has 1 N–H and O–H groups in total. The lowest BCUT2D eigenvalue weighted by Crippen LogP contribution is -2.23. The number of para-hydroxylation sites is 1. The Labute approximate surface area is 168 Å². The van der Waals surface area contributed by atoms with E-state index in [0.717, 1.165) is 46.2 Å². The zero-order valence-electron chi connectivity index (χ0n) is 16.2. The second kappa shape index (κ2) is 7.75. The van der Waals surface area contributed by atoms with Crippen molar-refractivity contribution < 1.29 is 4.79 Å². The number of nitrogens with zero attached hydrogens (tertiary/aromatic N) is 4. The van der Waals surface area contributed by atoms with Crippen molar-refractivity contribution in [3.63, 3.8) is 0 Å². The van der Waals surface area contributed by atoms with Crippen molar-refractivity contribution in [2.24, 2.45) is 0 Å². The van der Waals surface area contributed by atoms with E-state index in [-0.39, 0.29) is 11.2 Å². The van der Waals surface area contributed by atoms with Gasteiger partial charge in [0.25, 0.3) is 0 Å². The number of amides is 1. The first-order valence-corrected chi connectivity index (χ1v) is 10.3. The molecule has 144 valence electrons. The van der Waals surface area contributed by atoms with E-state index >= 15 is 0 Å². The number of aromatic nitrogens is 4. The third kappa shape index (κ3) is 3.80. The van der Waals surface area contributed by atoms with Crippen LogP contribution in [0.3, 0.4) is 0 Å². The highest BCUT2D eigenvalue weighted by molar-refractivity contribution is 8.00. The largest absolute Gasteiger partial charge is 0.325 e. The number of nitrogens with one attached hydrogen (secondary N) is 1. The van der Waals surface area contributed by atoms with Crippen LogP contribution in [-0.2, 0) is 4.79 Å². The SMILES string of the molecule is Cc1cccc(C)c1NC(=O)[C@@H](C)Sc1nnc(-c2ccncc2)n1C1CC1. The maximum atomic E-state index is 12.8. The van der Waals surface area contributed by atoms with Gasteiger partial charge in [0.2, 0.25) is 5.91 Å². The van der Waals surface area contributed by atoms with E-state index in [9.17, 15) is 4.79 Å². The van der Waals surface area contributed by atoms with Gasteiger partial charge in [-0.25, -0.2) is 0 Å². The van der Waals surface area contributed by atoms with E-state index in [0.29, 0.717) is 6.04 Å². The summed E-state index contributed by atoms with van der Waals surface area (Å²) in [7, 11) is 0. The molecule has 2 aromatic heterocycles.